The summed E-state index contributed by atoms with van der Waals surface area (Å²) in [5.74, 6) is 0.938. The van der Waals surface area contributed by atoms with Gasteiger partial charge in [-0.15, -0.1) is 0 Å². The fourth-order valence-electron chi connectivity index (χ4n) is 3.45. The highest BCUT2D eigenvalue weighted by atomic mass is 15.3. The molecule has 1 unspecified atom stereocenters. The maximum absolute atomic E-state index is 7.70. The van der Waals surface area contributed by atoms with E-state index < -0.39 is 0 Å². The summed E-state index contributed by atoms with van der Waals surface area (Å²) < 4.78 is 1.85. The van der Waals surface area contributed by atoms with E-state index in [4.69, 9.17) is 10.4 Å². The van der Waals surface area contributed by atoms with Crippen molar-refractivity contribution >= 4 is 23.1 Å². The minimum Gasteiger partial charge on any atom is -0.393 e. The Bertz CT molecular complexity index is 846. The van der Waals surface area contributed by atoms with Crippen LogP contribution in [0.3, 0.4) is 0 Å². The van der Waals surface area contributed by atoms with Crippen LogP contribution < -0.4 is 15.5 Å². The van der Waals surface area contributed by atoms with Crippen LogP contribution in [0, 0.1) is 10.8 Å². The minimum absolute atomic E-state index is 0.115. The van der Waals surface area contributed by atoms with Crippen LogP contribution in [0.4, 0.5) is 5.82 Å². The van der Waals surface area contributed by atoms with Crippen molar-refractivity contribution in [1.82, 2.24) is 25.2 Å². The molecule has 1 aliphatic heterocycles. The second kappa shape index (κ2) is 7.31. The topological polar surface area (TPSA) is 81.3 Å². The second-order valence-corrected chi connectivity index (χ2v) is 8.73. The molecule has 7 heteroatoms. The minimum atomic E-state index is 0.115. The normalized spacial score (nSPS) is 21.1. The van der Waals surface area contributed by atoms with Gasteiger partial charge in [-0.2, -0.15) is 5.10 Å². The first kappa shape index (κ1) is 19.4. The van der Waals surface area contributed by atoms with Crippen molar-refractivity contribution < 1.29 is 0 Å². The Morgan fingerprint density at radius 1 is 1.41 bits per heavy atom. The van der Waals surface area contributed by atoms with Gasteiger partial charge in [0.2, 0.25) is 0 Å². The van der Waals surface area contributed by atoms with Crippen LogP contribution >= 0.6 is 0 Å². The Morgan fingerprint density at radius 2 is 2.19 bits per heavy atom. The summed E-state index contributed by atoms with van der Waals surface area (Å²) in [5.41, 5.74) is 2.79. The zero-order valence-corrected chi connectivity index (χ0v) is 17.0. The van der Waals surface area contributed by atoms with Gasteiger partial charge in [0.15, 0.2) is 5.82 Å². The molecule has 2 aromatic heterocycles. The van der Waals surface area contributed by atoms with Crippen molar-refractivity contribution in [3.63, 3.8) is 0 Å². The number of fused-ring (bicyclic) bond motifs is 1. The van der Waals surface area contributed by atoms with Gasteiger partial charge in [-0.25, -0.2) is 9.50 Å². The number of anilines is 1. The molecule has 7 nitrogen and oxygen atoms in total. The summed E-state index contributed by atoms with van der Waals surface area (Å²) in [4.78, 5) is 7.26. The molecule has 0 saturated carbocycles. The van der Waals surface area contributed by atoms with Gasteiger partial charge in [0.25, 0.3) is 0 Å². The van der Waals surface area contributed by atoms with Gasteiger partial charge >= 0.3 is 0 Å². The van der Waals surface area contributed by atoms with E-state index >= 15 is 0 Å². The van der Waals surface area contributed by atoms with Gasteiger partial charge in [0.05, 0.1) is 18.1 Å². The summed E-state index contributed by atoms with van der Waals surface area (Å²) in [6.45, 7) is 11.9. The van der Waals surface area contributed by atoms with E-state index in [0.717, 1.165) is 48.7 Å². The van der Waals surface area contributed by atoms with Crippen LogP contribution in [-0.4, -0.2) is 53.0 Å². The van der Waals surface area contributed by atoms with Gasteiger partial charge in [-0.05, 0) is 38.7 Å². The van der Waals surface area contributed by atoms with E-state index in [1.54, 1.807) is 12.4 Å². The molecule has 1 atom stereocenters. The first-order valence-corrected chi connectivity index (χ1v) is 9.47. The zero-order valence-electron chi connectivity index (χ0n) is 17.0. The molecule has 0 bridgehead atoms. The number of nitrogens with one attached hydrogen (secondary N) is 3. The molecule has 1 saturated heterocycles. The average molecular weight is 370 g/mol. The van der Waals surface area contributed by atoms with E-state index in [1.807, 2.05) is 23.8 Å². The molecule has 1 fully saturated rings. The van der Waals surface area contributed by atoms with Crippen LogP contribution in [-0.2, 0) is 0 Å². The average Bonchev–Trinajstić information content (AvgIpc) is 3.23. The SMILES string of the molecule is CN/C=C(\C=N)c1cn2nccc2c(N2CCC(C)(CNC(C)(C)C)C2)n1. The van der Waals surface area contributed by atoms with Crippen molar-refractivity contribution in [3.05, 3.63) is 30.4 Å². The zero-order chi connectivity index (χ0) is 19.7. The lowest BCUT2D eigenvalue weighted by atomic mass is 9.89. The van der Waals surface area contributed by atoms with E-state index in [-0.39, 0.29) is 11.0 Å². The highest BCUT2D eigenvalue weighted by molar-refractivity contribution is 6.07. The van der Waals surface area contributed by atoms with Gasteiger partial charge < -0.3 is 20.9 Å². The number of nitrogens with zero attached hydrogens (tertiary/aromatic N) is 4. The number of allylic oxidation sites excluding steroid dienone is 1. The largest absolute Gasteiger partial charge is 0.393 e. The number of hydrogen-bond acceptors (Lipinski definition) is 6. The molecule has 3 N–H and O–H groups in total. The standard InChI is InChI=1S/C20H31N7/c1-19(2,3)23-13-20(4)7-9-26(14-20)18-17-6-8-24-27(17)12-16(25-18)15(10-21)11-22-5/h6,8,10-12,21-23H,7,9,13-14H2,1-5H3/b15-11+,21-10?. The fraction of sp³-hybridized carbons (Fsp3) is 0.550. The molecular weight excluding hydrogens is 338 g/mol. The Hall–Kier alpha value is -2.41. The lowest BCUT2D eigenvalue weighted by Gasteiger charge is -2.30. The van der Waals surface area contributed by atoms with Crippen LogP contribution in [0.5, 0.6) is 0 Å². The van der Waals surface area contributed by atoms with Crippen molar-refractivity contribution in [3.8, 4) is 0 Å². The molecule has 27 heavy (non-hydrogen) atoms. The van der Waals surface area contributed by atoms with E-state index in [1.165, 1.54) is 6.21 Å². The molecule has 1 aliphatic rings. The maximum atomic E-state index is 7.70. The number of hydrogen-bond donors (Lipinski definition) is 3. The van der Waals surface area contributed by atoms with E-state index in [0.29, 0.717) is 0 Å². The smallest absolute Gasteiger partial charge is 0.155 e. The summed E-state index contributed by atoms with van der Waals surface area (Å²) >= 11 is 0. The third kappa shape index (κ3) is 4.30. The number of rotatable bonds is 6. The molecular formula is C20H31N7. The van der Waals surface area contributed by atoms with Gasteiger partial charge in [-0.1, -0.05) is 6.92 Å². The van der Waals surface area contributed by atoms with Crippen molar-refractivity contribution in [2.45, 2.75) is 39.7 Å². The van der Waals surface area contributed by atoms with Crippen LogP contribution in [0.25, 0.3) is 11.1 Å². The summed E-state index contributed by atoms with van der Waals surface area (Å²) in [5, 5.41) is 18.8. The molecule has 0 aromatic carbocycles. The summed E-state index contributed by atoms with van der Waals surface area (Å²) in [6, 6.07) is 2.00. The highest BCUT2D eigenvalue weighted by Gasteiger charge is 2.36. The lowest BCUT2D eigenvalue weighted by molar-refractivity contribution is 0.292. The summed E-state index contributed by atoms with van der Waals surface area (Å²) in [7, 11) is 1.82. The third-order valence-electron chi connectivity index (χ3n) is 5.02. The molecule has 3 heterocycles. The van der Waals surface area contributed by atoms with Crippen LogP contribution in [0.1, 0.15) is 39.8 Å². The van der Waals surface area contributed by atoms with Gasteiger partial charge in [0.1, 0.15) is 5.52 Å². The Balaban J connectivity index is 1.91. The molecule has 146 valence electrons. The maximum Gasteiger partial charge on any atom is 0.155 e. The highest BCUT2D eigenvalue weighted by Crippen LogP contribution is 2.34. The Morgan fingerprint density at radius 3 is 2.85 bits per heavy atom. The predicted octanol–water partition coefficient (Wildman–Crippen LogP) is 2.54. The van der Waals surface area contributed by atoms with Gasteiger partial charge in [-0.3, -0.25) is 0 Å². The van der Waals surface area contributed by atoms with Crippen LogP contribution in [0.2, 0.25) is 0 Å². The number of aromatic nitrogens is 3. The third-order valence-corrected chi connectivity index (χ3v) is 5.02. The fourth-order valence-corrected chi connectivity index (χ4v) is 3.45. The lowest BCUT2D eigenvalue weighted by Crippen LogP contribution is -2.44. The Labute approximate surface area is 161 Å². The Kier molecular flexibility index (Phi) is 5.24. The van der Waals surface area contributed by atoms with Crippen molar-refractivity contribution in [1.29, 1.82) is 5.41 Å². The van der Waals surface area contributed by atoms with E-state index in [2.05, 4.69) is 48.3 Å². The molecule has 0 spiro atoms. The van der Waals surface area contributed by atoms with Gasteiger partial charge in [0, 0.05) is 50.2 Å². The molecule has 2 aromatic rings. The predicted molar refractivity (Wildman–Crippen MR) is 112 cm³/mol. The molecule has 0 radical (unpaired) electrons. The molecule has 0 aliphatic carbocycles. The summed E-state index contributed by atoms with van der Waals surface area (Å²) in [6.07, 6.45) is 7.90. The molecule has 3 rings (SSSR count). The molecule has 0 amide bonds. The van der Waals surface area contributed by atoms with Crippen LogP contribution in [0.15, 0.2) is 24.7 Å². The monoisotopic (exact) mass is 369 g/mol. The quantitative estimate of drug-likeness (QED) is 0.682. The second-order valence-electron chi connectivity index (χ2n) is 8.73. The van der Waals surface area contributed by atoms with Crippen molar-refractivity contribution in [2.75, 3.05) is 31.6 Å². The first-order valence-electron chi connectivity index (χ1n) is 9.47. The van der Waals surface area contributed by atoms with E-state index in [9.17, 15) is 0 Å². The van der Waals surface area contributed by atoms with Crippen molar-refractivity contribution in [2.24, 2.45) is 5.41 Å². The first-order chi connectivity index (χ1) is 12.7.